The summed E-state index contributed by atoms with van der Waals surface area (Å²) in [5.41, 5.74) is 2.41. The van der Waals surface area contributed by atoms with Gasteiger partial charge >= 0.3 is 0 Å². The second-order valence-corrected chi connectivity index (χ2v) is 8.57. The van der Waals surface area contributed by atoms with Crippen molar-refractivity contribution in [3.8, 4) is 17.1 Å². The maximum absolute atomic E-state index is 12.4. The first-order valence-corrected chi connectivity index (χ1v) is 11.2. The monoisotopic (exact) mass is 498 g/mol. The van der Waals surface area contributed by atoms with Crippen molar-refractivity contribution in [2.45, 2.75) is 5.16 Å². The summed E-state index contributed by atoms with van der Waals surface area (Å²) in [6.45, 7) is 0. The molecule has 0 unspecified atom stereocenters. The Bertz CT molecular complexity index is 1180. The molecule has 0 saturated carbocycles. The molecule has 0 fully saturated rings. The average molecular weight is 500 g/mol. The minimum atomic E-state index is -0.125. The second kappa shape index (κ2) is 9.47. The van der Waals surface area contributed by atoms with Crippen molar-refractivity contribution >= 4 is 50.9 Å². The van der Waals surface area contributed by atoms with E-state index in [-0.39, 0.29) is 11.7 Å². The molecule has 4 aromatic rings. The van der Waals surface area contributed by atoms with Gasteiger partial charge in [0.1, 0.15) is 0 Å². The van der Waals surface area contributed by atoms with Gasteiger partial charge in [0.25, 0.3) is 0 Å². The average Bonchev–Trinajstić information content (AvgIpc) is 3.17. The predicted octanol–water partition coefficient (Wildman–Crippen LogP) is 6.08. The molecule has 1 heterocycles. The molecule has 0 spiro atoms. The Morgan fingerprint density at radius 1 is 1.00 bits per heavy atom. The van der Waals surface area contributed by atoms with Crippen LogP contribution in [0.25, 0.3) is 17.1 Å². The molecule has 0 saturated heterocycles. The van der Waals surface area contributed by atoms with E-state index in [4.69, 9.17) is 11.6 Å². The van der Waals surface area contributed by atoms with E-state index in [9.17, 15) is 4.79 Å². The highest BCUT2D eigenvalue weighted by atomic mass is 79.9. The third kappa shape index (κ3) is 4.75. The van der Waals surface area contributed by atoms with E-state index in [0.29, 0.717) is 16.0 Å². The molecule has 0 radical (unpaired) electrons. The normalized spacial score (nSPS) is 10.7. The van der Waals surface area contributed by atoms with Crippen LogP contribution in [0.1, 0.15) is 0 Å². The van der Waals surface area contributed by atoms with Crippen LogP contribution in [-0.2, 0) is 4.79 Å². The van der Waals surface area contributed by atoms with Crippen molar-refractivity contribution in [1.82, 2.24) is 14.8 Å². The van der Waals surface area contributed by atoms with E-state index in [2.05, 4.69) is 31.4 Å². The highest BCUT2D eigenvalue weighted by Crippen LogP contribution is 2.31. The van der Waals surface area contributed by atoms with Crippen molar-refractivity contribution < 1.29 is 4.79 Å². The summed E-state index contributed by atoms with van der Waals surface area (Å²) in [6, 6.07) is 24.7. The van der Waals surface area contributed by atoms with Gasteiger partial charge in [0.2, 0.25) is 5.91 Å². The number of rotatable bonds is 6. The Balaban J connectivity index is 1.60. The van der Waals surface area contributed by atoms with Crippen LogP contribution in [0.4, 0.5) is 5.69 Å². The second-order valence-electron chi connectivity index (χ2n) is 6.30. The summed E-state index contributed by atoms with van der Waals surface area (Å²) in [5.74, 6) is 0.696. The van der Waals surface area contributed by atoms with Crippen LogP contribution in [0, 0.1) is 0 Å². The van der Waals surface area contributed by atoms with Crippen LogP contribution in [0.3, 0.4) is 0 Å². The van der Waals surface area contributed by atoms with Crippen molar-refractivity contribution in [2.75, 3.05) is 11.1 Å². The van der Waals surface area contributed by atoms with Crippen LogP contribution in [0.2, 0.25) is 5.02 Å². The Kier molecular flexibility index (Phi) is 6.52. The topological polar surface area (TPSA) is 59.8 Å². The number of carbonyl (C=O) groups is 1. The van der Waals surface area contributed by atoms with E-state index in [1.165, 1.54) is 11.8 Å². The largest absolute Gasteiger partial charge is 0.325 e. The Morgan fingerprint density at radius 2 is 1.77 bits per heavy atom. The highest BCUT2D eigenvalue weighted by Gasteiger charge is 2.18. The van der Waals surface area contributed by atoms with Gasteiger partial charge in [-0.3, -0.25) is 9.36 Å². The summed E-state index contributed by atoms with van der Waals surface area (Å²) in [7, 11) is 0. The molecule has 0 aliphatic heterocycles. The smallest absolute Gasteiger partial charge is 0.234 e. The number of hydrogen-bond donors (Lipinski definition) is 1. The third-order valence-corrected chi connectivity index (χ3v) is 5.96. The van der Waals surface area contributed by atoms with E-state index in [1.54, 1.807) is 0 Å². The van der Waals surface area contributed by atoms with Crippen LogP contribution in [0.5, 0.6) is 0 Å². The van der Waals surface area contributed by atoms with Crippen molar-refractivity contribution in [3.63, 3.8) is 0 Å². The standard InChI is InChI=1S/C22H16BrClN4OS/c23-15-7-6-8-16(13-15)25-20(29)14-30-22-27-26-21(18-11-4-5-12-19(18)24)28(22)17-9-2-1-3-10-17/h1-13H,14H2,(H,25,29). The summed E-state index contributed by atoms with van der Waals surface area (Å²) in [6.07, 6.45) is 0. The molecule has 8 heteroatoms. The summed E-state index contributed by atoms with van der Waals surface area (Å²) >= 11 is 11.1. The van der Waals surface area contributed by atoms with Gasteiger partial charge in [0.05, 0.1) is 10.8 Å². The molecule has 5 nitrogen and oxygen atoms in total. The number of nitrogens with one attached hydrogen (secondary N) is 1. The SMILES string of the molecule is O=C(CSc1nnc(-c2ccccc2Cl)n1-c1ccccc1)Nc1cccc(Br)c1. The van der Waals surface area contributed by atoms with Crippen molar-refractivity contribution in [2.24, 2.45) is 0 Å². The van der Waals surface area contributed by atoms with Gasteiger partial charge in [-0.2, -0.15) is 0 Å². The first kappa shape index (κ1) is 20.7. The summed E-state index contributed by atoms with van der Waals surface area (Å²) < 4.78 is 2.82. The molecule has 1 aromatic heterocycles. The number of nitrogens with zero attached hydrogens (tertiary/aromatic N) is 3. The van der Waals surface area contributed by atoms with Gasteiger partial charge in [-0.25, -0.2) is 0 Å². The fourth-order valence-corrected chi connectivity index (χ4v) is 4.26. The van der Waals surface area contributed by atoms with E-state index < -0.39 is 0 Å². The number of thioether (sulfide) groups is 1. The van der Waals surface area contributed by atoms with Crippen LogP contribution in [-0.4, -0.2) is 26.4 Å². The van der Waals surface area contributed by atoms with Gasteiger partial charge in [0, 0.05) is 21.4 Å². The minimum Gasteiger partial charge on any atom is -0.325 e. The zero-order valence-electron chi connectivity index (χ0n) is 15.6. The molecule has 4 rings (SSSR count). The number of amides is 1. The first-order valence-electron chi connectivity index (χ1n) is 9.06. The molecule has 0 bridgehead atoms. The number of carbonyl (C=O) groups excluding carboxylic acids is 1. The van der Waals surface area contributed by atoms with Crippen molar-refractivity contribution in [1.29, 1.82) is 0 Å². The maximum Gasteiger partial charge on any atom is 0.234 e. The molecule has 0 atom stereocenters. The lowest BCUT2D eigenvalue weighted by molar-refractivity contribution is -0.113. The van der Waals surface area contributed by atoms with Crippen LogP contribution < -0.4 is 5.32 Å². The fraction of sp³-hybridized carbons (Fsp3) is 0.0455. The lowest BCUT2D eigenvalue weighted by atomic mass is 10.2. The highest BCUT2D eigenvalue weighted by molar-refractivity contribution is 9.10. The molecule has 1 amide bonds. The van der Waals surface area contributed by atoms with Gasteiger partial charge in [-0.15, -0.1) is 10.2 Å². The Hall–Kier alpha value is -2.61. The molecular weight excluding hydrogens is 484 g/mol. The number of benzene rings is 3. The van der Waals surface area contributed by atoms with E-state index in [0.717, 1.165) is 21.4 Å². The van der Waals surface area contributed by atoms with Crippen LogP contribution in [0.15, 0.2) is 88.5 Å². The minimum absolute atomic E-state index is 0.125. The lowest BCUT2D eigenvalue weighted by Gasteiger charge is -2.11. The number of aromatic nitrogens is 3. The van der Waals surface area contributed by atoms with Gasteiger partial charge in [-0.1, -0.05) is 75.7 Å². The number of para-hydroxylation sites is 1. The predicted molar refractivity (Wildman–Crippen MR) is 125 cm³/mol. The fourth-order valence-electron chi connectivity index (χ4n) is 2.88. The number of anilines is 1. The van der Waals surface area contributed by atoms with Gasteiger partial charge < -0.3 is 5.32 Å². The number of halogens is 2. The molecule has 150 valence electrons. The number of hydrogen-bond acceptors (Lipinski definition) is 4. The molecule has 0 aliphatic carbocycles. The quantitative estimate of drug-likeness (QED) is 0.327. The molecule has 3 aromatic carbocycles. The molecular formula is C22H16BrClN4OS. The van der Waals surface area contributed by atoms with Gasteiger partial charge in [0.15, 0.2) is 11.0 Å². The maximum atomic E-state index is 12.4. The Morgan fingerprint density at radius 3 is 2.53 bits per heavy atom. The lowest BCUT2D eigenvalue weighted by Crippen LogP contribution is -2.14. The van der Waals surface area contributed by atoms with Crippen LogP contribution >= 0.6 is 39.3 Å². The zero-order chi connectivity index (χ0) is 20.9. The zero-order valence-corrected chi connectivity index (χ0v) is 18.8. The van der Waals surface area contributed by atoms with Crippen molar-refractivity contribution in [3.05, 3.63) is 88.4 Å². The Labute approximate surface area is 191 Å². The summed E-state index contributed by atoms with van der Waals surface area (Å²) in [4.78, 5) is 12.4. The van der Waals surface area contributed by atoms with E-state index >= 15 is 0 Å². The van der Waals surface area contributed by atoms with Gasteiger partial charge in [-0.05, 0) is 42.5 Å². The molecule has 30 heavy (non-hydrogen) atoms. The molecule has 1 N–H and O–H groups in total. The molecule has 0 aliphatic rings. The summed E-state index contributed by atoms with van der Waals surface area (Å²) in [5, 5.41) is 12.8. The van der Waals surface area contributed by atoms with E-state index in [1.807, 2.05) is 83.4 Å². The third-order valence-electron chi connectivity index (χ3n) is 4.20. The first-order chi connectivity index (χ1) is 14.6.